The topological polar surface area (TPSA) is 61.5 Å². The molecule has 0 radical (unpaired) electrons. The zero-order valence-electron chi connectivity index (χ0n) is 11.7. The first-order chi connectivity index (χ1) is 10.3. The van der Waals surface area contributed by atoms with Gasteiger partial charge in [-0.1, -0.05) is 12.1 Å². The highest BCUT2D eigenvalue weighted by Crippen LogP contribution is 2.29. The highest BCUT2D eigenvalue weighted by atomic mass is 16.5. The van der Waals surface area contributed by atoms with Crippen LogP contribution in [0.2, 0.25) is 0 Å². The van der Waals surface area contributed by atoms with Gasteiger partial charge in [-0.2, -0.15) is 5.10 Å². The van der Waals surface area contributed by atoms with Gasteiger partial charge in [-0.05, 0) is 29.0 Å². The van der Waals surface area contributed by atoms with Crippen molar-refractivity contribution in [2.24, 2.45) is 5.10 Å². The Morgan fingerprint density at radius 3 is 2.52 bits per heavy atom. The second-order valence-electron chi connectivity index (χ2n) is 4.36. The van der Waals surface area contributed by atoms with Crippen LogP contribution in [0.1, 0.15) is 5.56 Å². The van der Waals surface area contributed by atoms with Gasteiger partial charge in [0.15, 0.2) is 0 Å². The third kappa shape index (κ3) is 2.55. The Hall–Kier alpha value is -2.89. The first kappa shape index (κ1) is 13.1. The molecule has 0 fully saturated rings. The lowest BCUT2D eigenvalue weighted by molar-refractivity contribution is 0.413. The quantitative estimate of drug-likeness (QED) is 0.689. The summed E-state index contributed by atoms with van der Waals surface area (Å²) in [4.78, 5) is 0. The lowest BCUT2D eigenvalue weighted by Crippen LogP contribution is -1.95. The Morgan fingerprint density at radius 1 is 1.05 bits per heavy atom. The number of rotatable bonds is 4. The van der Waals surface area contributed by atoms with E-state index in [9.17, 15) is 0 Å². The van der Waals surface area contributed by atoms with Gasteiger partial charge in [0.25, 0.3) is 0 Å². The summed E-state index contributed by atoms with van der Waals surface area (Å²) < 4.78 is 12.2. The summed E-state index contributed by atoms with van der Waals surface area (Å²) in [6.07, 6.45) is 4.77. The van der Waals surface area contributed by atoms with Crippen molar-refractivity contribution in [2.45, 2.75) is 0 Å². The van der Waals surface area contributed by atoms with E-state index in [1.54, 1.807) is 20.4 Å². The molecule has 0 unspecified atom stereocenters. The van der Waals surface area contributed by atoms with Crippen LogP contribution < -0.4 is 9.47 Å². The van der Waals surface area contributed by atoms with Gasteiger partial charge in [-0.15, -0.1) is 10.2 Å². The molecule has 3 aromatic rings. The summed E-state index contributed by atoms with van der Waals surface area (Å²) in [6.45, 7) is 0. The van der Waals surface area contributed by atoms with Crippen LogP contribution in [0.5, 0.6) is 11.5 Å². The van der Waals surface area contributed by atoms with E-state index >= 15 is 0 Å². The number of nitrogens with zero attached hydrogens (tertiary/aromatic N) is 4. The summed E-state index contributed by atoms with van der Waals surface area (Å²) >= 11 is 0. The number of benzene rings is 2. The van der Waals surface area contributed by atoms with Crippen LogP contribution in [0.3, 0.4) is 0 Å². The molecule has 0 saturated heterocycles. The van der Waals surface area contributed by atoms with Gasteiger partial charge in [0, 0.05) is 5.56 Å². The van der Waals surface area contributed by atoms with Crippen molar-refractivity contribution in [3.63, 3.8) is 0 Å². The highest BCUT2D eigenvalue weighted by Gasteiger charge is 2.07. The molecule has 1 aromatic heterocycles. The van der Waals surface area contributed by atoms with E-state index in [-0.39, 0.29) is 0 Å². The van der Waals surface area contributed by atoms with Crippen molar-refractivity contribution < 1.29 is 9.47 Å². The molecular formula is C15H14N4O2. The predicted octanol–water partition coefficient (Wildman–Crippen LogP) is 2.33. The normalized spacial score (nSPS) is 11.1. The lowest BCUT2D eigenvalue weighted by Gasteiger charge is -2.09. The third-order valence-corrected chi connectivity index (χ3v) is 3.18. The van der Waals surface area contributed by atoms with Crippen molar-refractivity contribution in [3.05, 3.63) is 48.5 Å². The van der Waals surface area contributed by atoms with E-state index in [0.29, 0.717) is 0 Å². The van der Waals surface area contributed by atoms with Crippen molar-refractivity contribution in [2.75, 3.05) is 14.2 Å². The Labute approximate surface area is 121 Å². The molecule has 6 heteroatoms. The van der Waals surface area contributed by atoms with Gasteiger partial charge in [0.2, 0.25) is 0 Å². The largest absolute Gasteiger partial charge is 0.497 e. The third-order valence-electron chi connectivity index (χ3n) is 3.18. The van der Waals surface area contributed by atoms with Gasteiger partial charge in [-0.25, -0.2) is 4.68 Å². The predicted molar refractivity (Wildman–Crippen MR) is 80.1 cm³/mol. The van der Waals surface area contributed by atoms with Crippen LogP contribution in [-0.4, -0.2) is 35.3 Å². The summed E-state index contributed by atoms with van der Waals surface area (Å²) in [7, 11) is 3.28. The molecule has 0 aliphatic heterocycles. The summed E-state index contributed by atoms with van der Waals surface area (Å²) in [5.74, 6) is 1.53. The zero-order valence-corrected chi connectivity index (χ0v) is 11.7. The molecular weight excluding hydrogens is 268 g/mol. The molecule has 106 valence electrons. The van der Waals surface area contributed by atoms with Crippen LogP contribution in [0, 0.1) is 0 Å². The molecule has 21 heavy (non-hydrogen) atoms. The summed E-state index contributed by atoms with van der Waals surface area (Å²) in [5.41, 5.74) is 0.877. The molecule has 0 aliphatic rings. The van der Waals surface area contributed by atoms with Crippen molar-refractivity contribution >= 4 is 17.0 Å². The maximum absolute atomic E-state index is 5.42. The molecule has 0 aliphatic carbocycles. The van der Waals surface area contributed by atoms with Crippen LogP contribution in [0.4, 0.5) is 0 Å². The van der Waals surface area contributed by atoms with Crippen LogP contribution in [0.25, 0.3) is 10.8 Å². The van der Waals surface area contributed by atoms with E-state index in [1.807, 2.05) is 30.3 Å². The number of fused-ring (bicyclic) bond motifs is 1. The lowest BCUT2D eigenvalue weighted by atomic mass is 10.0. The standard InChI is InChI=1S/C15H14N4O2/c1-20-12-5-3-11-4-6-15(21-2)14(13(11)7-12)8-18-19-9-16-17-10-19/h3-10H,1-2H3/b18-8+. The fourth-order valence-electron chi connectivity index (χ4n) is 2.12. The van der Waals surface area contributed by atoms with E-state index in [0.717, 1.165) is 27.8 Å². The van der Waals surface area contributed by atoms with Crippen LogP contribution in [0.15, 0.2) is 48.1 Å². The van der Waals surface area contributed by atoms with Gasteiger partial charge < -0.3 is 9.47 Å². The van der Waals surface area contributed by atoms with E-state index in [4.69, 9.17) is 9.47 Å². The first-order valence-corrected chi connectivity index (χ1v) is 6.35. The highest BCUT2D eigenvalue weighted by molar-refractivity contribution is 6.03. The van der Waals surface area contributed by atoms with Gasteiger partial charge in [-0.3, -0.25) is 0 Å². The molecule has 6 nitrogen and oxygen atoms in total. The molecule has 1 heterocycles. The Bertz CT molecular complexity index is 776. The number of hydrogen-bond donors (Lipinski definition) is 0. The maximum Gasteiger partial charge on any atom is 0.141 e. The fraction of sp³-hybridized carbons (Fsp3) is 0.133. The SMILES string of the molecule is COc1ccc2ccc(OC)c(/C=N/n3cnnc3)c2c1. The molecule has 2 aromatic carbocycles. The average Bonchev–Trinajstić information content (AvgIpc) is 3.05. The van der Waals surface area contributed by atoms with Crippen LogP contribution >= 0.6 is 0 Å². The van der Waals surface area contributed by atoms with E-state index < -0.39 is 0 Å². The molecule has 0 spiro atoms. The van der Waals surface area contributed by atoms with Gasteiger partial charge in [0.1, 0.15) is 24.2 Å². The number of hydrogen-bond acceptors (Lipinski definition) is 5. The smallest absolute Gasteiger partial charge is 0.141 e. The number of aromatic nitrogens is 3. The minimum Gasteiger partial charge on any atom is -0.497 e. The molecule has 0 N–H and O–H groups in total. The van der Waals surface area contributed by atoms with Crippen molar-refractivity contribution in [1.29, 1.82) is 0 Å². The Balaban J connectivity index is 2.16. The first-order valence-electron chi connectivity index (χ1n) is 6.35. The minimum absolute atomic E-state index is 0.743. The minimum atomic E-state index is 0.743. The second kappa shape index (κ2) is 5.62. The monoisotopic (exact) mass is 282 g/mol. The van der Waals surface area contributed by atoms with Crippen LogP contribution in [-0.2, 0) is 0 Å². The molecule has 0 amide bonds. The Kier molecular flexibility index (Phi) is 3.51. The molecule has 3 rings (SSSR count). The average molecular weight is 282 g/mol. The summed E-state index contributed by atoms with van der Waals surface area (Å²) in [6, 6.07) is 9.82. The van der Waals surface area contributed by atoms with E-state index in [2.05, 4.69) is 15.3 Å². The van der Waals surface area contributed by atoms with E-state index in [1.165, 1.54) is 17.3 Å². The zero-order chi connectivity index (χ0) is 14.7. The number of ether oxygens (including phenoxy) is 2. The second-order valence-corrected chi connectivity index (χ2v) is 4.36. The Morgan fingerprint density at radius 2 is 1.81 bits per heavy atom. The van der Waals surface area contributed by atoms with Crippen molar-refractivity contribution in [3.8, 4) is 11.5 Å². The van der Waals surface area contributed by atoms with Gasteiger partial charge >= 0.3 is 0 Å². The van der Waals surface area contributed by atoms with Crippen molar-refractivity contribution in [1.82, 2.24) is 14.9 Å². The summed E-state index contributed by atoms with van der Waals surface area (Å²) in [5, 5.41) is 13.8. The fourth-order valence-corrected chi connectivity index (χ4v) is 2.12. The molecule has 0 saturated carbocycles. The number of methoxy groups -OCH3 is 2. The van der Waals surface area contributed by atoms with Gasteiger partial charge in [0.05, 0.1) is 20.4 Å². The molecule has 0 bridgehead atoms. The maximum atomic E-state index is 5.42. The molecule has 0 atom stereocenters.